The van der Waals surface area contributed by atoms with Gasteiger partial charge in [-0.1, -0.05) is 12.1 Å². The summed E-state index contributed by atoms with van der Waals surface area (Å²) >= 11 is 0. The summed E-state index contributed by atoms with van der Waals surface area (Å²) in [6.45, 7) is 2.45. The first-order chi connectivity index (χ1) is 12.0. The molecule has 1 aromatic carbocycles. The maximum absolute atomic E-state index is 10.7. The molecule has 1 aliphatic rings. The van der Waals surface area contributed by atoms with Crippen molar-refractivity contribution >= 4 is 17.2 Å². The number of nitro benzene ring substituents is 1. The van der Waals surface area contributed by atoms with E-state index in [2.05, 4.69) is 15.2 Å². The fraction of sp³-hybridized carbons (Fsp3) is 0.312. The number of likely N-dealkylation sites (tertiary alicyclic amines) is 1. The van der Waals surface area contributed by atoms with E-state index in [9.17, 15) is 20.2 Å². The number of aromatic nitrogens is 1. The highest BCUT2D eigenvalue weighted by Gasteiger charge is 2.23. The van der Waals surface area contributed by atoms with Gasteiger partial charge in [-0.3, -0.25) is 25.1 Å². The van der Waals surface area contributed by atoms with Crippen LogP contribution in [0.5, 0.6) is 0 Å². The molecule has 130 valence electrons. The van der Waals surface area contributed by atoms with Gasteiger partial charge in [0.2, 0.25) is 0 Å². The highest BCUT2D eigenvalue weighted by Crippen LogP contribution is 2.19. The van der Waals surface area contributed by atoms with Gasteiger partial charge in [-0.2, -0.15) is 0 Å². The van der Waals surface area contributed by atoms with Crippen molar-refractivity contribution in [2.75, 3.05) is 18.4 Å². The van der Waals surface area contributed by atoms with Crippen LogP contribution in [0.4, 0.5) is 17.2 Å². The fourth-order valence-electron chi connectivity index (χ4n) is 2.86. The summed E-state index contributed by atoms with van der Waals surface area (Å²) in [5.41, 5.74) is 1.09. The molecule has 2 heterocycles. The summed E-state index contributed by atoms with van der Waals surface area (Å²) < 4.78 is 0. The first-order valence-electron chi connectivity index (χ1n) is 7.84. The highest BCUT2D eigenvalue weighted by molar-refractivity contribution is 5.41. The largest absolute Gasteiger partial charge is 0.366 e. The van der Waals surface area contributed by atoms with Gasteiger partial charge in [0.05, 0.1) is 9.85 Å². The third-order valence-corrected chi connectivity index (χ3v) is 4.14. The molecule has 0 aliphatic carbocycles. The van der Waals surface area contributed by atoms with Gasteiger partial charge in [-0.05, 0) is 18.1 Å². The van der Waals surface area contributed by atoms with Crippen LogP contribution in [0.25, 0.3) is 0 Å². The topological polar surface area (TPSA) is 114 Å². The molecule has 3 rings (SSSR count). The highest BCUT2D eigenvalue weighted by atomic mass is 16.6. The zero-order valence-corrected chi connectivity index (χ0v) is 13.4. The maximum atomic E-state index is 10.7. The zero-order valence-electron chi connectivity index (χ0n) is 13.4. The van der Waals surface area contributed by atoms with Crippen LogP contribution in [0, 0.1) is 20.2 Å². The van der Waals surface area contributed by atoms with Gasteiger partial charge in [-0.15, -0.1) is 0 Å². The molecular formula is C16H17N5O4. The number of anilines is 1. The lowest BCUT2D eigenvalue weighted by Gasteiger charge is -2.17. The van der Waals surface area contributed by atoms with Gasteiger partial charge in [0, 0.05) is 43.9 Å². The Morgan fingerprint density at radius 1 is 1.08 bits per heavy atom. The fourth-order valence-corrected chi connectivity index (χ4v) is 2.86. The number of rotatable bonds is 6. The average molecular weight is 343 g/mol. The van der Waals surface area contributed by atoms with Crippen LogP contribution in [0.15, 0.2) is 42.6 Å². The third kappa shape index (κ3) is 4.27. The van der Waals surface area contributed by atoms with Crippen molar-refractivity contribution in [1.29, 1.82) is 0 Å². The second kappa shape index (κ2) is 7.22. The Morgan fingerprint density at radius 2 is 1.76 bits per heavy atom. The van der Waals surface area contributed by atoms with Crippen molar-refractivity contribution < 1.29 is 9.85 Å². The molecular weight excluding hydrogens is 326 g/mol. The van der Waals surface area contributed by atoms with E-state index in [0.29, 0.717) is 5.82 Å². The van der Waals surface area contributed by atoms with Crippen LogP contribution in [0.1, 0.15) is 12.0 Å². The van der Waals surface area contributed by atoms with Crippen molar-refractivity contribution in [1.82, 2.24) is 9.88 Å². The van der Waals surface area contributed by atoms with Crippen molar-refractivity contribution in [3.63, 3.8) is 0 Å². The normalized spacial score (nSPS) is 17.4. The Labute approximate surface area is 143 Å². The maximum Gasteiger partial charge on any atom is 0.287 e. The Hall–Kier alpha value is -3.07. The van der Waals surface area contributed by atoms with Crippen LogP contribution in [-0.2, 0) is 6.54 Å². The predicted octanol–water partition coefficient (Wildman–Crippen LogP) is 2.58. The molecule has 1 atom stereocenters. The van der Waals surface area contributed by atoms with Crippen molar-refractivity contribution in [2.45, 2.75) is 19.0 Å². The molecule has 1 N–H and O–H groups in total. The molecule has 0 radical (unpaired) electrons. The lowest BCUT2D eigenvalue weighted by Crippen LogP contribution is -2.26. The van der Waals surface area contributed by atoms with Crippen LogP contribution in [-0.4, -0.2) is 38.9 Å². The quantitative estimate of drug-likeness (QED) is 0.633. The molecule has 1 aromatic heterocycles. The Kier molecular flexibility index (Phi) is 4.85. The van der Waals surface area contributed by atoms with E-state index in [-0.39, 0.29) is 17.4 Å². The summed E-state index contributed by atoms with van der Waals surface area (Å²) in [5, 5.41) is 24.6. The van der Waals surface area contributed by atoms with Gasteiger partial charge in [0.15, 0.2) is 0 Å². The monoisotopic (exact) mass is 343 g/mol. The number of nitrogens with zero attached hydrogens (tertiary/aromatic N) is 4. The number of hydrogen-bond acceptors (Lipinski definition) is 7. The van der Waals surface area contributed by atoms with E-state index in [1.54, 1.807) is 18.2 Å². The summed E-state index contributed by atoms with van der Waals surface area (Å²) in [6, 6.07) is 9.83. The van der Waals surface area contributed by atoms with Gasteiger partial charge in [0.25, 0.3) is 11.4 Å². The van der Waals surface area contributed by atoms with E-state index in [0.717, 1.165) is 31.6 Å². The number of pyridine rings is 1. The van der Waals surface area contributed by atoms with E-state index >= 15 is 0 Å². The van der Waals surface area contributed by atoms with Gasteiger partial charge in [-0.25, -0.2) is 4.98 Å². The number of benzene rings is 1. The first-order valence-corrected chi connectivity index (χ1v) is 7.84. The summed E-state index contributed by atoms with van der Waals surface area (Å²) in [5.74, 6) is 0.618. The van der Waals surface area contributed by atoms with Crippen molar-refractivity contribution in [3.8, 4) is 0 Å². The Balaban J connectivity index is 1.53. The molecule has 2 aromatic rings. The number of nitro groups is 2. The standard InChI is InChI=1S/C16H17N5O4/c22-20(23)14-3-1-12(2-4-14)10-19-8-7-13(11-19)18-16-6-5-15(9-17-16)21(24)25/h1-6,9,13H,7-8,10-11H2,(H,17,18)/t13-/m0/s1. The van der Waals surface area contributed by atoms with E-state index < -0.39 is 9.85 Å². The summed E-state index contributed by atoms with van der Waals surface area (Å²) in [7, 11) is 0. The van der Waals surface area contributed by atoms with Gasteiger partial charge >= 0.3 is 0 Å². The molecule has 0 bridgehead atoms. The zero-order chi connectivity index (χ0) is 17.8. The number of hydrogen-bond donors (Lipinski definition) is 1. The molecule has 0 unspecified atom stereocenters. The molecule has 1 saturated heterocycles. The van der Waals surface area contributed by atoms with Crippen LogP contribution < -0.4 is 5.32 Å². The van der Waals surface area contributed by atoms with Gasteiger partial charge in [0.1, 0.15) is 12.0 Å². The molecule has 1 aliphatic heterocycles. The van der Waals surface area contributed by atoms with E-state index in [4.69, 9.17) is 0 Å². The van der Waals surface area contributed by atoms with Crippen molar-refractivity contribution in [2.24, 2.45) is 0 Å². The number of non-ortho nitro benzene ring substituents is 1. The average Bonchev–Trinajstić information content (AvgIpc) is 3.02. The van der Waals surface area contributed by atoms with E-state index in [1.807, 2.05) is 0 Å². The molecule has 0 amide bonds. The minimum atomic E-state index is -0.474. The molecule has 0 spiro atoms. The lowest BCUT2D eigenvalue weighted by atomic mass is 10.2. The molecule has 9 nitrogen and oxygen atoms in total. The lowest BCUT2D eigenvalue weighted by molar-refractivity contribution is -0.385. The van der Waals surface area contributed by atoms with Crippen molar-refractivity contribution in [3.05, 3.63) is 68.4 Å². The molecule has 1 fully saturated rings. The molecule has 25 heavy (non-hydrogen) atoms. The van der Waals surface area contributed by atoms with Crippen LogP contribution in [0.2, 0.25) is 0 Å². The Bertz CT molecular complexity index is 698. The first kappa shape index (κ1) is 16.8. The van der Waals surface area contributed by atoms with Gasteiger partial charge < -0.3 is 5.32 Å². The second-order valence-corrected chi connectivity index (χ2v) is 5.95. The van der Waals surface area contributed by atoms with Crippen LogP contribution >= 0.6 is 0 Å². The SMILES string of the molecule is O=[N+]([O-])c1ccc(CN2CC[C@H](Nc3ccc([N+](=O)[O-])cn3)C2)cc1. The number of nitrogens with one attached hydrogen (secondary N) is 1. The summed E-state index contributed by atoms with van der Waals surface area (Å²) in [6.07, 6.45) is 2.18. The summed E-state index contributed by atoms with van der Waals surface area (Å²) in [4.78, 5) is 26.7. The van der Waals surface area contributed by atoms with E-state index in [1.165, 1.54) is 24.4 Å². The minimum absolute atomic E-state index is 0.0308. The Morgan fingerprint density at radius 3 is 2.36 bits per heavy atom. The third-order valence-electron chi connectivity index (χ3n) is 4.14. The molecule has 9 heteroatoms. The van der Waals surface area contributed by atoms with Crippen LogP contribution in [0.3, 0.4) is 0 Å². The molecule has 0 saturated carbocycles. The minimum Gasteiger partial charge on any atom is -0.366 e. The second-order valence-electron chi connectivity index (χ2n) is 5.95. The smallest absolute Gasteiger partial charge is 0.287 e. The predicted molar refractivity (Wildman–Crippen MR) is 91.3 cm³/mol.